The van der Waals surface area contributed by atoms with Crippen molar-refractivity contribution in [2.24, 2.45) is 0 Å². The molecule has 0 aliphatic heterocycles. The zero-order chi connectivity index (χ0) is 45.8. The Hall–Kier alpha value is -3.15. The Labute approximate surface area is 389 Å². The van der Waals surface area contributed by atoms with Crippen LogP contribution in [0.2, 0.25) is 0 Å². The predicted octanol–water partition coefficient (Wildman–Crippen LogP) is 17.4. The van der Waals surface area contributed by atoms with Crippen LogP contribution in [0, 0.1) is 0 Å². The molecule has 0 rings (SSSR count). The number of esters is 3. The van der Waals surface area contributed by atoms with Crippen molar-refractivity contribution in [2.45, 2.75) is 258 Å². The zero-order valence-corrected chi connectivity index (χ0v) is 41.3. The maximum atomic E-state index is 12.8. The highest BCUT2D eigenvalue weighted by Crippen LogP contribution is 2.14. The average molecular weight is 879 g/mol. The molecule has 0 radical (unpaired) electrons. The Bertz CT molecular complexity index is 1190. The molecule has 6 heteroatoms. The smallest absolute Gasteiger partial charge is 0.306 e. The van der Waals surface area contributed by atoms with Crippen LogP contribution in [0.25, 0.3) is 0 Å². The molecule has 0 aromatic heterocycles. The quantitative estimate of drug-likeness (QED) is 0.0262. The highest BCUT2D eigenvalue weighted by atomic mass is 16.6. The second-order valence-electron chi connectivity index (χ2n) is 17.4. The summed E-state index contributed by atoms with van der Waals surface area (Å²) in [5.74, 6) is -0.916. The minimum absolute atomic E-state index is 0.0874. The van der Waals surface area contributed by atoms with E-state index in [4.69, 9.17) is 14.2 Å². The molecule has 0 fully saturated rings. The molecule has 0 unspecified atom stereocenters. The summed E-state index contributed by atoms with van der Waals surface area (Å²) in [6.45, 7) is 6.44. The highest BCUT2D eigenvalue weighted by molar-refractivity contribution is 5.71. The van der Waals surface area contributed by atoms with Gasteiger partial charge in [-0.05, 0) is 103 Å². The van der Waals surface area contributed by atoms with Crippen LogP contribution in [0.3, 0.4) is 0 Å². The van der Waals surface area contributed by atoms with E-state index in [9.17, 15) is 14.4 Å². The Balaban J connectivity index is 4.37. The van der Waals surface area contributed by atoms with Crippen LogP contribution in [0.1, 0.15) is 252 Å². The van der Waals surface area contributed by atoms with E-state index in [0.717, 1.165) is 109 Å². The molecule has 0 amide bonds. The summed E-state index contributed by atoms with van der Waals surface area (Å²) in [6, 6.07) is 0. The van der Waals surface area contributed by atoms with E-state index >= 15 is 0 Å². The van der Waals surface area contributed by atoms with Crippen molar-refractivity contribution < 1.29 is 28.6 Å². The molecule has 1 atom stereocenters. The SMILES string of the molecule is CC/C=C\C/C=C\C/C=C\CCCCCCCC(=O)O[C@H](COC(=O)CCCCCCC/C=C\CCCC)COC(=O)CCCCCCCCCCC/C=C\C/C=C\CCCCC. The highest BCUT2D eigenvalue weighted by Gasteiger charge is 2.19. The normalized spacial score (nSPS) is 12.6. The number of ether oxygens (including phenoxy) is 3. The summed E-state index contributed by atoms with van der Waals surface area (Å²) >= 11 is 0. The zero-order valence-electron chi connectivity index (χ0n) is 41.3. The van der Waals surface area contributed by atoms with Gasteiger partial charge >= 0.3 is 17.9 Å². The van der Waals surface area contributed by atoms with Gasteiger partial charge < -0.3 is 14.2 Å². The van der Waals surface area contributed by atoms with Crippen LogP contribution in [-0.2, 0) is 28.6 Å². The molecule has 0 saturated heterocycles. The van der Waals surface area contributed by atoms with Gasteiger partial charge in [0.2, 0.25) is 0 Å². The van der Waals surface area contributed by atoms with Crippen LogP contribution >= 0.6 is 0 Å². The third-order valence-corrected chi connectivity index (χ3v) is 11.2. The van der Waals surface area contributed by atoms with E-state index in [1.165, 1.54) is 103 Å². The molecule has 0 saturated carbocycles. The van der Waals surface area contributed by atoms with Crippen molar-refractivity contribution in [3.8, 4) is 0 Å². The summed E-state index contributed by atoms with van der Waals surface area (Å²) in [7, 11) is 0. The van der Waals surface area contributed by atoms with Gasteiger partial charge in [-0.2, -0.15) is 0 Å². The lowest BCUT2D eigenvalue weighted by Crippen LogP contribution is -2.30. The molecule has 6 nitrogen and oxygen atoms in total. The summed E-state index contributed by atoms with van der Waals surface area (Å²) in [4.78, 5) is 38.0. The minimum atomic E-state index is -0.788. The topological polar surface area (TPSA) is 78.9 Å². The van der Waals surface area contributed by atoms with Gasteiger partial charge in [0.05, 0.1) is 0 Å². The number of carbonyl (C=O) groups is 3. The Morgan fingerprint density at radius 3 is 1.03 bits per heavy atom. The molecule has 0 aliphatic carbocycles. The van der Waals surface area contributed by atoms with Crippen molar-refractivity contribution in [3.63, 3.8) is 0 Å². The number of unbranched alkanes of at least 4 members (excludes halogenated alkanes) is 24. The number of allylic oxidation sites excluding steroid dienone is 12. The first-order chi connectivity index (χ1) is 31.0. The molecule has 0 bridgehead atoms. The van der Waals surface area contributed by atoms with E-state index in [2.05, 4.69) is 93.7 Å². The third kappa shape index (κ3) is 49.7. The Kier molecular flexibility index (Phi) is 48.9. The van der Waals surface area contributed by atoms with E-state index in [1.54, 1.807) is 0 Å². The fourth-order valence-electron chi connectivity index (χ4n) is 7.17. The summed E-state index contributed by atoms with van der Waals surface area (Å²) in [5.41, 5.74) is 0. The maximum Gasteiger partial charge on any atom is 0.306 e. The minimum Gasteiger partial charge on any atom is -0.462 e. The Morgan fingerprint density at radius 1 is 0.333 bits per heavy atom. The van der Waals surface area contributed by atoms with Crippen LogP contribution in [0.15, 0.2) is 72.9 Å². The van der Waals surface area contributed by atoms with Crippen LogP contribution in [0.5, 0.6) is 0 Å². The van der Waals surface area contributed by atoms with E-state index in [0.29, 0.717) is 19.3 Å². The third-order valence-electron chi connectivity index (χ3n) is 11.2. The molecule has 63 heavy (non-hydrogen) atoms. The van der Waals surface area contributed by atoms with Gasteiger partial charge in [-0.1, -0.05) is 203 Å². The number of hydrogen-bond donors (Lipinski definition) is 0. The van der Waals surface area contributed by atoms with Gasteiger partial charge in [-0.15, -0.1) is 0 Å². The van der Waals surface area contributed by atoms with E-state index < -0.39 is 6.10 Å². The fourth-order valence-corrected chi connectivity index (χ4v) is 7.17. The summed E-state index contributed by atoms with van der Waals surface area (Å²) in [6.07, 6.45) is 64.6. The molecule has 0 spiro atoms. The molecular weight excluding hydrogens is 781 g/mol. The van der Waals surface area contributed by atoms with E-state index in [-0.39, 0.29) is 31.1 Å². The lowest BCUT2D eigenvalue weighted by atomic mass is 10.1. The van der Waals surface area contributed by atoms with Gasteiger partial charge in [0.15, 0.2) is 6.10 Å². The van der Waals surface area contributed by atoms with Gasteiger partial charge in [0.1, 0.15) is 13.2 Å². The van der Waals surface area contributed by atoms with Crippen LogP contribution in [-0.4, -0.2) is 37.2 Å². The average Bonchev–Trinajstić information content (AvgIpc) is 3.28. The first-order valence-corrected chi connectivity index (χ1v) is 26.4. The lowest BCUT2D eigenvalue weighted by molar-refractivity contribution is -0.167. The predicted molar refractivity (Wildman–Crippen MR) is 270 cm³/mol. The summed E-state index contributed by atoms with van der Waals surface area (Å²) in [5, 5.41) is 0. The molecule has 0 aliphatic rings. The first kappa shape index (κ1) is 59.9. The second kappa shape index (κ2) is 51.5. The number of hydrogen-bond acceptors (Lipinski definition) is 6. The number of rotatable bonds is 47. The standard InChI is InChI=1S/C57H98O6/c1-4-7-10-13-16-19-22-24-26-27-28-29-31-32-35-38-41-44-47-50-56(59)62-53-54(52-61-55(58)49-46-43-40-37-34-21-18-15-12-9-6-3)63-57(60)51-48-45-42-39-36-33-30-25-23-20-17-14-11-8-5-2/h8,11,15-20,24-26,30,54H,4-7,9-10,12-14,21-23,27-29,31-53H2,1-3H3/b11-8-,18-15-,19-16-,20-17-,26-24-,30-25-/t54-/m1/s1. The van der Waals surface area contributed by atoms with Gasteiger partial charge in [0.25, 0.3) is 0 Å². The maximum absolute atomic E-state index is 12.8. The Morgan fingerprint density at radius 2 is 0.635 bits per heavy atom. The van der Waals surface area contributed by atoms with Gasteiger partial charge in [-0.25, -0.2) is 0 Å². The van der Waals surface area contributed by atoms with Gasteiger partial charge in [-0.3, -0.25) is 14.4 Å². The molecule has 0 heterocycles. The van der Waals surface area contributed by atoms with Crippen LogP contribution < -0.4 is 0 Å². The number of carbonyl (C=O) groups excluding carboxylic acids is 3. The fraction of sp³-hybridized carbons (Fsp3) is 0.737. The van der Waals surface area contributed by atoms with Crippen molar-refractivity contribution in [3.05, 3.63) is 72.9 Å². The molecule has 0 aromatic carbocycles. The van der Waals surface area contributed by atoms with Gasteiger partial charge in [0, 0.05) is 19.3 Å². The first-order valence-electron chi connectivity index (χ1n) is 26.4. The van der Waals surface area contributed by atoms with E-state index in [1.807, 2.05) is 0 Å². The van der Waals surface area contributed by atoms with Crippen molar-refractivity contribution in [1.82, 2.24) is 0 Å². The largest absolute Gasteiger partial charge is 0.462 e. The molecular formula is C57H98O6. The van der Waals surface area contributed by atoms with Crippen LogP contribution in [0.4, 0.5) is 0 Å². The molecule has 362 valence electrons. The molecule has 0 aromatic rings. The second-order valence-corrected chi connectivity index (χ2v) is 17.4. The van der Waals surface area contributed by atoms with Crippen molar-refractivity contribution in [2.75, 3.05) is 13.2 Å². The lowest BCUT2D eigenvalue weighted by Gasteiger charge is -2.18. The monoisotopic (exact) mass is 879 g/mol. The van der Waals surface area contributed by atoms with Crippen molar-refractivity contribution in [1.29, 1.82) is 0 Å². The van der Waals surface area contributed by atoms with Crippen molar-refractivity contribution >= 4 is 17.9 Å². The summed E-state index contributed by atoms with van der Waals surface area (Å²) < 4.78 is 16.8. The molecule has 0 N–H and O–H groups in total.